The van der Waals surface area contributed by atoms with Gasteiger partial charge in [0.2, 0.25) is 5.91 Å². The van der Waals surface area contributed by atoms with E-state index in [1.54, 1.807) is 12.1 Å². The lowest BCUT2D eigenvalue weighted by Crippen LogP contribution is -2.34. The molecule has 150 valence electrons. The number of carboxylic acids is 1. The molecule has 1 aliphatic rings. The van der Waals surface area contributed by atoms with Gasteiger partial charge < -0.3 is 10.4 Å². The maximum atomic E-state index is 12.5. The molecule has 6 heteroatoms. The van der Waals surface area contributed by atoms with Gasteiger partial charge in [0, 0.05) is 16.1 Å². The van der Waals surface area contributed by atoms with Crippen molar-refractivity contribution in [1.82, 2.24) is 0 Å². The molecule has 0 aliphatic heterocycles. The Morgan fingerprint density at radius 3 is 2.21 bits per heavy atom. The molecule has 5 nitrogen and oxygen atoms in total. The number of carboxylic acid groups (broad SMARTS) is 1. The molecule has 29 heavy (non-hydrogen) atoms. The number of aryl methyl sites for hydroxylation is 1. The number of anilines is 1. The Morgan fingerprint density at radius 1 is 0.966 bits per heavy atom. The van der Waals surface area contributed by atoms with E-state index in [1.165, 1.54) is 11.8 Å². The number of carbonyl (C=O) groups excluding carboxylic acids is 2. The Morgan fingerprint density at radius 2 is 1.59 bits per heavy atom. The molecule has 2 unspecified atom stereocenters. The van der Waals surface area contributed by atoms with Gasteiger partial charge >= 0.3 is 5.97 Å². The number of Topliss-reactive ketones (excluding diaryl/α,β-unsaturated/α-hetero) is 1. The van der Waals surface area contributed by atoms with Crippen LogP contribution in [0, 0.1) is 18.8 Å². The first kappa shape index (κ1) is 20.9. The van der Waals surface area contributed by atoms with Crippen molar-refractivity contribution < 1.29 is 19.5 Å². The van der Waals surface area contributed by atoms with Crippen molar-refractivity contribution in [2.45, 2.75) is 24.7 Å². The van der Waals surface area contributed by atoms with E-state index in [0.717, 1.165) is 10.5 Å². The van der Waals surface area contributed by atoms with Crippen molar-refractivity contribution >= 4 is 35.1 Å². The molecule has 2 atom stereocenters. The van der Waals surface area contributed by atoms with Crippen molar-refractivity contribution in [1.29, 1.82) is 0 Å². The lowest BCUT2D eigenvalue weighted by molar-refractivity contribution is -0.146. The van der Waals surface area contributed by atoms with E-state index >= 15 is 0 Å². The van der Waals surface area contributed by atoms with E-state index in [0.29, 0.717) is 29.8 Å². The molecular formula is C23H23NO4S. The highest BCUT2D eigenvalue weighted by Crippen LogP contribution is 2.28. The van der Waals surface area contributed by atoms with Crippen LogP contribution < -0.4 is 5.32 Å². The number of rotatable bonds is 7. The molecule has 0 heterocycles. The average Bonchev–Trinajstić information content (AvgIpc) is 2.73. The molecule has 1 amide bonds. The number of allylic oxidation sites excluding steroid dienone is 2. The molecule has 0 spiro atoms. The van der Waals surface area contributed by atoms with Gasteiger partial charge in [0.15, 0.2) is 5.78 Å². The summed E-state index contributed by atoms with van der Waals surface area (Å²) in [6.45, 7) is 1.98. The number of benzene rings is 2. The number of aliphatic carboxylic acids is 1. The quantitative estimate of drug-likeness (QED) is 0.397. The van der Waals surface area contributed by atoms with Crippen LogP contribution in [0.15, 0.2) is 65.6 Å². The third-order valence-corrected chi connectivity index (χ3v) is 5.96. The molecule has 0 bridgehead atoms. The van der Waals surface area contributed by atoms with Crippen molar-refractivity contribution in [2.24, 2.45) is 11.8 Å². The number of amides is 1. The van der Waals surface area contributed by atoms with Crippen LogP contribution >= 0.6 is 11.8 Å². The van der Waals surface area contributed by atoms with E-state index in [4.69, 9.17) is 0 Å². The number of hydrogen-bond acceptors (Lipinski definition) is 4. The number of carbonyl (C=O) groups is 3. The highest BCUT2D eigenvalue weighted by Gasteiger charge is 2.33. The lowest BCUT2D eigenvalue weighted by Gasteiger charge is -2.24. The first-order chi connectivity index (χ1) is 13.9. The van der Waals surface area contributed by atoms with Crippen LogP contribution in [0.3, 0.4) is 0 Å². The minimum atomic E-state index is -0.945. The molecule has 1 aliphatic carbocycles. The van der Waals surface area contributed by atoms with Gasteiger partial charge in [-0.2, -0.15) is 0 Å². The third-order valence-electron chi connectivity index (χ3n) is 4.95. The summed E-state index contributed by atoms with van der Waals surface area (Å²) in [4.78, 5) is 37.1. The molecule has 3 rings (SSSR count). The average molecular weight is 410 g/mol. The highest BCUT2D eigenvalue weighted by atomic mass is 32.2. The van der Waals surface area contributed by atoms with Crippen molar-refractivity contribution in [3.63, 3.8) is 0 Å². The molecule has 2 N–H and O–H groups in total. The van der Waals surface area contributed by atoms with Gasteiger partial charge in [0.05, 0.1) is 17.6 Å². The first-order valence-corrected chi connectivity index (χ1v) is 10.4. The number of hydrogen-bond donors (Lipinski definition) is 2. The fraction of sp³-hybridized carbons (Fsp3) is 0.261. The molecular weight excluding hydrogens is 386 g/mol. The summed E-state index contributed by atoms with van der Waals surface area (Å²) >= 11 is 1.44. The summed E-state index contributed by atoms with van der Waals surface area (Å²) in [6, 6.07) is 14.7. The van der Waals surface area contributed by atoms with Crippen LogP contribution in [0.25, 0.3) is 0 Å². The number of thioether (sulfide) groups is 1. The predicted molar refractivity (Wildman–Crippen MR) is 114 cm³/mol. The predicted octanol–water partition coefficient (Wildman–Crippen LogP) is 4.58. The normalized spacial score (nSPS) is 18.2. The Balaban J connectivity index is 1.55. The van der Waals surface area contributed by atoms with Gasteiger partial charge in [-0.05, 0) is 44.0 Å². The van der Waals surface area contributed by atoms with Crippen LogP contribution in [0.4, 0.5) is 5.69 Å². The fourth-order valence-corrected chi connectivity index (χ4v) is 4.01. The third kappa shape index (κ3) is 5.57. The van der Waals surface area contributed by atoms with Gasteiger partial charge in [-0.1, -0.05) is 42.0 Å². The van der Waals surface area contributed by atoms with E-state index in [9.17, 15) is 19.5 Å². The zero-order chi connectivity index (χ0) is 20.8. The summed E-state index contributed by atoms with van der Waals surface area (Å²) in [5.74, 6) is -2.08. The minimum Gasteiger partial charge on any atom is -0.481 e. The standard InChI is InChI=1S/C23H23NO4S/c1-15-6-8-16(9-7-15)21(25)14-29-18-12-10-17(11-13-18)24-22(26)19-4-2-3-5-20(19)23(27)28/h2-3,6-13,19-20H,4-5,14H2,1H3,(H,24,26)(H,27,28). The smallest absolute Gasteiger partial charge is 0.307 e. The molecule has 2 aromatic rings. The Labute approximate surface area is 174 Å². The van der Waals surface area contributed by atoms with Crippen LogP contribution in [0.1, 0.15) is 28.8 Å². The fourth-order valence-electron chi connectivity index (χ4n) is 3.22. The highest BCUT2D eigenvalue weighted by molar-refractivity contribution is 8.00. The second-order valence-corrected chi connectivity index (χ2v) is 8.13. The summed E-state index contributed by atoms with van der Waals surface area (Å²) in [5, 5.41) is 12.1. The Kier molecular flexibility index (Phi) is 6.88. The zero-order valence-corrected chi connectivity index (χ0v) is 16.9. The SMILES string of the molecule is Cc1ccc(C(=O)CSc2ccc(NC(=O)C3CC=CCC3C(=O)O)cc2)cc1. The Bertz CT molecular complexity index is 919. The number of ketones is 1. The maximum absolute atomic E-state index is 12.5. The summed E-state index contributed by atoms with van der Waals surface area (Å²) in [5.41, 5.74) is 2.43. The van der Waals surface area contributed by atoms with Crippen molar-refractivity contribution in [3.8, 4) is 0 Å². The zero-order valence-electron chi connectivity index (χ0n) is 16.1. The molecule has 2 aromatic carbocycles. The van der Waals surface area contributed by atoms with Gasteiger partial charge in [-0.25, -0.2) is 0 Å². The van der Waals surface area contributed by atoms with Crippen LogP contribution in [-0.4, -0.2) is 28.5 Å². The van der Waals surface area contributed by atoms with Gasteiger partial charge in [0.25, 0.3) is 0 Å². The Hall–Kier alpha value is -2.86. The molecule has 0 radical (unpaired) electrons. The lowest BCUT2D eigenvalue weighted by atomic mass is 9.82. The van der Waals surface area contributed by atoms with Crippen LogP contribution in [0.5, 0.6) is 0 Å². The van der Waals surface area contributed by atoms with Crippen molar-refractivity contribution in [3.05, 3.63) is 71.8 Å². The van der Waals surface area contributed by atoms with Gasteiger partial charge in [-0.3, -0.25) is 14.4 Å². The maximum Gasteiger partial charge on any atom is 0.307 e. The van der Waals surface area contributed by atoms with Crippen LogP contribution in [-0.2, 0) is 9.59 Å². The molecule has 0 fully saturated rings. The summed E-state index contributed by atoms with van der Waals surface area (Å²) in [7, 11) is 0. The van der Waals surface area contributed by atoms with Crippen molar-refractivity contribution in [2.75, 3.05) is 11.1 Å². The summed E-state index contributed by atoms with van der Waals surface area (Å²) < 4.78 is 0. The van der Waals surface area contributed by atoms with Crippen LogP contribution in [0.2, 0.25) is 0 Å². The van der Waals surface area contributed by atoms with Gasteiger partial charge in [0.1, 0.15) is 0 Å². The molecule has 0 aromatic heterocycles. The van der Waals surface area contributed by atoms with E-state index in [1.807, 2.05) is 55.5 Å². The first-order valence-electron chi connectivity index (χ1n) is 9.45. The molecule has 0 saturated heterocycles. The largest absolute Gasteiger partial charge is 0.481 e. The minimum absolute atomic E-state index is 0.0671. The van der Waals surface area contributed by atoms with Gasteiger partial charge in [-0.15, -0.1) is 11.8 Å². The van der Waals surface area contributed by atoms with E-state index < -0.39 is 17.8 Å². The van der Waals surface area contributed by atoms with E-state index in [2.05, 4.69) is 5.32 Å². The van der Waals surface area contributed by atoms with E-state index in [-0.39, 0.29) is 11.7 Å². The topological polar surface area (TPSA) is 83.5 Å². The summed E-state index contributed by atoms with van der Waals surface area (Å²) in [6.07, 6.45) is 4.47. The second-order valence-electron chi connectivity index (χ2n) is 7.09. The monoisotopic (exact) mass is 409 g/mol. The number of nitrogens with one attached hydrogen (secondary N) is 1. The second kappa shape index (κ2) is 9.56. The molecule has 0 saturated carbocycles.